The van der Waals surface area contributed by atoms with E-state index in [1.807, 2.05) is 0 Å². The van der Waals surface area contributed by atoms with Crippen LogP contribution in [-0.4, -0.2) is 77.0 Å². The Kier molecular flexibility index (Phi) is 6.78. The minimum absolute atomic E-state index is 0.0461. The molecule has 11 nitrogen and oxygen atoms in total. The number of aliphatic hydroxyl groups is 4. The third-order valence-electron chi connectivity index (χ3n) is 5.64. The molecule has 35 heavy (non-hydrogen) atoms. The smallest absolute Gasteiger partial charge is 0.335 e. The fraction of sp³-hybridized carbons (Fsp3) is 0.318. The Labute approximate surface area is 196 Å². The average molecular weight is 493 g/mol. The fourth-order valence-electron chi connectivity index (χ4n) is 3.80. The highest BCUT2D eigenvalue weighted by molar-refractivity contribution is 5.73. The van der Waals surface area contributed by atoms with Crippen LogP contribution in [0.25, 0.3) is 0 Å². The van der Waals surface area contributed by atoms with Gasteiger partial charge in [-0.15, -0.1) is 0 Å². The second-order valence-electron chi connectivity index (χ2n) is 7.93. The molecule has 1 aliphatic heterocycles. The summed E-state index contributed by atoms with van der Waals surface area (Å²) >= 11 is 0. The Bertz CT molecular complexity index is 1200. The van der Waals surface area contributed by atoms with Crippen LogP contribution in [0.15, 0.2) is 55.1 Å². The molecule has 0 spiro atoms. The predicted octanol–water partition coefficient (Wildman–Crippen LogP) is -0.237. The number of carboxylic acids is 1. The van der Waals surface area contributed by atoms with Gasteiger partial charge in [-0.1, -0.05) is 24.3 Å². The van der Waals surface area contributed by atoms with E-state index in [-0.39, 0.29) is 17.7 Å². The number of carboxylic acid groups (broad SMARTS) is 1. The van der Waals surface area contributed by atoms with Gasteiger partial charge in [-0.2, -0.15) is 5.10 Å². The molecular formula is C22H21F2N3O8. The Morgan fingerprint density at radius 1 is 1.09 bits per heavy atom. The first-order valence-electron chi connectivity index (χ1n) is 10.3. The molecule has 13 heteroatoms. The lowest BCUT2D eigenvalue weighted by Crippen LogP contribution is -2.61. The number of aliphatic carboxylic acids is 1. The number of aromatic nitrogens is 3. The molecule has 0 aliphatic carbocycles. The first-order valence-corrected chi connectivity index (χ1v) is 10.3. The van der Waals surface area contributed by atoms with Gasteiger partial charge >= 0.3 is 5.97 Å². The zero-order valence-corrected chi connectivity index (χ0v) is 17.8. The van der Waals surface area contributed by atoms with Gasteiger partial charge in [0.05, 0.1) is 6.54 Å². The summed E-state index contributed by atoms with van der Waals surface area (Å²) < 4.78 is 41.0. The standard InChI is InChI=1S/C22H21F2N3O8/c23-13-4-2-1-3-12(13)22(33,8-27-10-25-9-26-27)11-5-6-14(24)15(7-11)34-21-18(30)16(28)17(29)19(35-21)20(31)32/h1-7,9-10,16-19,21,28-30,33H,8H2,(H,31,32)/t16-,17-,18+,19-,21+,22?/m0/s1. The van der Waals surface area contributed by atoms with Crippen LogP contribution in [0.4, 0.5) is 8.78 Å². The molecule has 0 bridgehead atoms. The molecule has 1 aliphatic rings. The van der Waals surface area contributed by atoms with Gasteiger partial charge in [0.1, 0.15) is 42.4 Å². The van der Waals surface area contributed by atoms with Crippen LogP contribution in [0, 0.1) is 11.6 Å². The molecule has 0 saturated carbocycles. The maximum absolute atomic E-state index is 14.7. The molecule has 1 aromatic heterocycles. The van der Waals surface area contributed by atoms with E-state index >= 15 is 0 Å². The van der Waals surface area contributed by atoms with Crippen LogP contribution in [0.5, 0.6) is 5.75 Å². The first kappa shape index (κ1) is 24.6. The summed E-state index contributed by atoms with van der Waals surface area (Å²) in [6.45, 7) is -0.326. The third kappa shape index (κ3) is 4.72. The highest BCUT2D eigenvalue weighted by Crippen LogP contribution is 2.36. The number of hydrogen-bond acceptors (Lipinski definition) is 9. The molecule has 1 unspecified atom stereocenters. The second-order valence-corrected chi connectivity index (χ2v) is 7.93. The Morgan fingerprint density at radius 3 is 2.49 bits per heavy atom. The van der Waals surface area contributed by atoms with Crippen molar-refractivity contribution in [3.8, 4) is 5.75 Å². The largest absolute Gasteiger partial charge is 0.479 e. The van der Waals surface area contributed by atoms with E-state index in [9.17, 15) is 39.1 Å². The molecule has 2 heterocycles. The first-order chi connectivity index (χ1) is 16.6. The zero-order valence-electron chi connectivity index (χ0n) is 17.8. The van der Waals surface area contributed by atoms with Crippen LogP contribution >= 0.6 is 0 Å². The molecule has 2 aromatic carbocycles. The number of ether oxygens (including phenoxy) is 2. The van der Waals surface area contributed by atoms with Crippen molar-refractivity contribution in [2.24, 2.45) is 0 Å². The van der Waals surface area contributed by atoms with E-state index in [1.54, 1.807) is 0 Å². The number of halogens is 2. The summed E-state index contributed by atoms with van der Waals surface area (Å²) in [7, 11) is 0. The molecule has 0 radical (unpaired) electrons. The Morgan fingerprint density at radius 2 is 1.83 bits per heavy atom. The van der Waals surface area contributed by atoms with Crippen molar-refractivity contribution in [1.29, 1.82) is 0 Å². The van der Waals surface area contributed by atoms with Gasteiger partial charge in [0.2, 0.25) is 6.29 Å². The van der Waals surface area contributed by atoms with Crippen molar-refractivity contribution in [3.05, 3.63) is 77.9 Å². The summed E-state index contributed by atoms with van der Waals surface area (Å²) in [5, 5.41) is 54.7. The van der Waals surface area contributed by atoms with E-state index in [0.717, 1.165) is 18.2 Å². The molecule has 3 aromatic rings. The summed E-state index contributed by atoms with van der Waals surface area (Å²) in [4.78, 5) is 15.1. The highest BCUT2D eigenvalue weighted by Gasteiger charge is 2.48. The highest BCUT2D eigenvalue weighted by atomic mass is 19.1. The maximum atomic E-state index is 14.7. The quantitative estimate of drug-likeness (QED) is 0.296. The number of hydrogen-bond donors (Lipinski definition) is 5. The van der Waals surface area contributed by atoms with Crippen LogP contribution < -0.4 is 4.74 Å². The van der Waals surface area contributed by atoms with Crippen LogP contribution in [0.3, 0.4) is 0 Å². The van der Waals surface area contributed by atoms with E-state index in [0.29, 0.717) is 0 Å². The summed E-state index contributed by atoms with van der Waals surface area (Å²) in [6.07, 6.45) is -7.23. The van der Waals surface area contributed by atoms with Gasteiger partial charge < -0.3 is 35.0 Å². The molecular weight excluding hydrogens is 472 g/mol. The van der Waals surface area contributed by atoms with Crippen molar-refractivity contribution in [2.75, 3.05) is 0 Å². The molecule has 0 amide bonds. The number of aliphatic hydroxyl groups excluding tert-OH is 3. The van der Waals surface area contributed by atoms with E-state index in [1.165, 1.54) is 41.6 Å². The summed E-state index contributed by atoms with van der Waals surface area (Å²) in [5.74, 6) is -4.00. The average Bonchev–Trinajstić information content (AvgIpc) is 3.33. The zero-order chi connectivity index (χ0) is 25.3. The van der Waals surface area contributed by atoms with Crippen molar-refractivity contribution in [2.45, 2.75) is 42.9 Å². The van der Waals surface area contributed by atoms with Crippen molar-refractivity contribution in [3.63, 3.8) is 0 Å². The lowest BCUT2D eigenvalue weighted by Gasteiger charge is -2.38. The molecule has 6 atom stereocenters. The van der Waals surface area contributed by atoms with E-state index in [4.69, 9.17) is 9.47 Å². The van der Waals surface area contributed by atoms with E-state index in [2.05, 4.69) is 10.1 Å². The molecule has 4 rings (SSSR count). The van der Waals surface area contributed by atoms with Gasteiger partial charge in [-0.25, -0.2) is 23.2 Å². The SMILES string of the molecule is O=C(O)[C@H]1O[C@@H](Oc2cc(C(O)(Cn3cncn3)c3ccccc3F)ccc2F)[C@H](O)[C@@H](O)[C@@H]1O. The van der Waals surface area contributed by atoms with Crippen molar-refractivity contribution < 1.29 is 48.6 Å². The number of nitrogens with zero attached hydrogens (tertiary/aromatic N) is 3. The summed E-state index contributed by atoms with van der Waals surface area (Å²) in [5.41, 5.74) is -2.31. The normalized spacial score (nSPS) is 26.2. The maximum Gasteiger partial charge on any atom is 0.335 e. The minimum atomic E-state index is -2.10. The van der Waals surface area contributed by atoms with Gasteiger partial charge in [-0.05, 0) is 23.8 Å². The van der Waals surface area contributed by atoms with Crippen molar-refractivity contribution >= 4 is 5.97 Å². The van der Waals surface area contributed by atoms with E-state index < -0.39 is 59.7 Å². The van der Waals surface area contributed by atoms with Crippen LogP contribution in [0.2, 0.25) is 0 Å². The molecule has 1 saturated heterocycles. The van der Waals surface area contributed by atoms with Gasteiger partial charge in [-0.3, -0.25) is 0 Å². The fourth-order valence-corrected chi connectivity index (χ4v) is 3.80. The molecule has 186 valence electrons. The summed E-state index contributed by atoms with van der Waals surface area (Å²) in [6, 6.07) is 8.50. The van der Waals surface area contributed by atoms with Gasteiger partial charge in [0.15, 0.2) is 17.7 Å². The van der Waals surface area contributed by atoms with Gasteiger partial charge in [0.25, 0.3) is 0 Å². The lowest BCUT2D eigenvalue weighted by atomic mass is 9.85. The monoisotopic (exact) mass is 493 g/mol. The molecule has 1 fully saturated rings. The number of rotatable bonds is 7. The topological polar surface area (TPSA) is 167 Å². The second kappa shape index (κ2) is 9.64. The Hall–Kier alpha value is -3.49. The van der Waals surface area contributed by atoms with Crippen LogP contribution in [0.1, 0.15) is 11.1 Å². The number of benzene rings is 2. The lowest BCUT2D eigenvalue weighted by molar-refractivity contribution is -0.271. The number of carbonyl (C=O) groups is 1. The predicted molar refractivity (Wildman–Crippen MR) is 111 cm³/mol. The minimum Gasteiger partial charge on any atom is -0.479 e. The van der Waals surface area contributed by atoms with Crippen LogP contribution in [-0.2, 0) is 21.7 Å². The molecule has 5 N–H and O–H groups in total. The Balaban J connectivity index is 1.72. The third-order valence-corrected chi connectivity index (χ3v) is 5.64. The van der Waals surface area contributed by atoms with Crippen molar-refractivity contribution in [1.82, 2.24) is 14.8 Å². The van der Waals surface area contributed by atoms with Gasteiger partial charge in [0, 0.05) is 5.56 Å².